The molecule has 1 aromatic heterocycles. The second-order valence-electron chi connectivity index (χ2n) is 6.13. The second kappa shape index (κ2) is 4.89. The molecule has 24 heavy (non-hydrogen) atoms. The van der Waals surface area contributed by atoms with Crippen LogP contribution >= 0.6 is 0 Å². The molecule has 0 saturated heterocycles. The lowest BCUT2D eigenvalue weighted by Gasteiger charge is -2.32. The summed E-state index contributed by atoms with van der Waals surface area (Å²) in [4.78, 5) is 7.65. The average Bonchev–Trinajstić information content (AvgIpc) is 2.97. The molecule has 1 aromatic carbocycles. The summed E-state index contributed by atoms with van der Waals surface area (Å²) in [5.41, 5.74) is 10.2. The van der Waals surface area contributed by atoms with Crippen LogP contribution in [-0.4, -0.2) is 21.4 Å². The van der Waals surface area contributed by atoms with Crippen LogP contribution in [0.2, 0.25) is 0 Å². The molecule has 3 heterocycles. The van der Waals surface area contributed by atoms with E-state index in [1.165, 1.54) is 22.4 Å². The summed E-state index contributed by atoms with van der Waals surface area (Å²) in [6.45, 7) is 0. The van der Waals surface area contributed by atoms with E-state index in [9.17, 15) is 5.11 Å². The van der Waals surface area contributed by atoms with Crippen molar-refractivity contribution in [3.8, 4) is 5.75 Å². The lowest BCUT2D eigenvalue weighted by Crippen LogP contribution is -2.36. The Balaban J connectivity index is 1.64. The zero-order chi connectivity index (χ0) is 16.1. The molecule has 2 aliphatic heterocycles. The van der Waals surface area contributed by atoms with Crippen molar-refractivity contribution in [2.75, 3.05) is 0 Å². The Hall–Kier alpha value is -3.21. The summed E-state index contributed by atoms with van der Waals surface area (Å²) >= 11 is 0. The number of fused-ring (bicyclic) bond motifs is 2. The Labute approximate surface area is 139 Å². The van der Waals surface area contributed by atoms with Crippen LogP contribution in [0.4, 0.5) is 0 Å². The van der Waals surface area contributed by atoms with E-state index in [-0.39, 0.29) is 5.92 Å². The molecule has 1 atom stereocenters. The molecule has 5 rings (SSSR count). The number of allylic oxidation sites excluding steroid dienone is 2. The number of phenols is 1. The molecule has 0 fully saturated rings. The van der Waals surface area contributed by atoms with Crippen LogP contribution in [-0.2, 0) is 0 Å². The van der Waals surface area contributed by atoms with Crippen molar-refractivity contribution in [3.63, 3.8) is 0 Å². The Morgan fingerprint density at radius 3 is 2.92 bits per heavy atom. The average molecular weight is 316 g/mol. The number of benzene rings is 1. The van der Waals surface area contributed by atoms with Gasteiger partial charge >= 0.3 is 0 Å². The van der Waals surface area contributed by atoms with Crippen LogP contribution in [0.15, 0.2) is 59.5 Å². The fourth-order valence-corrected chi connectivity index (χ4v) is 3.65. The van der Waals surface area contributed by atoms with Crippen molar-refractivity contribution in [1.29, 1.82) is 0 Å². The lowest BCUT2D eigenvalue weighted by atomic mass is 9.84. The van der Waals surface area contributed by atoms with Gasteiger partial charge in [-0.2, -0.15) is 0 Å². The first-order valence-electron chi connectivity index (χ1n) is 7.98. The third-order valence-corrected chi connectivity index (χ3v) is 4.79. The zero-order valence-corrected chi connectivity index (χ0v) is 12.9. The third kappa shape index (κ3) is 1.84. The standard InChI is InChI=1S/C19H16N4O/c24-15-5-2-12(3-6-15)16-7-8-17-18-13(9-21-19(16)18)1-4-14-10-20-11-22-23(14)17/h1-6,8-11,16,21,24H,7H2,(H,20,22). The number of phenolic OH excluding ortho intramolecular Hbond substituents is 1. The zero-order valence-electron chi connectivity index (χ0n) is 12.9. The molecule has 3 aliphatic rings. The van der Waals surface area contributed by atoms with Crippen molar-refractivity contribution in [3.05, 3.63) is 76.9 Å². The largest absolute Gasteiger partial charge is 0.508 e. The van der Waals surface area contributed by atoms with Crippen LogP contribution in [0.25, 0.3) is 11.8 Å². The predicted molar refractivity (Wildman–Crippen MR) is 93.9 cm³/mol. The maximum Gasteiger partial charge on any atom is 0.115 e. The van der Waals surface area contributed by atoms with E-state index < -0.39 is 0 Å². The fraction of sp³-hybridized carbons (Fsp3) is 0.105. The highest BCUT2D eigenvalue weighted by atomic mass is 16.3. The molecule has 0 amide bonds. The van der Waals surface area contributed by atoms with Gasteiger partial charge in [0.25, 0.3) is 0 Å². The quantitative estimate of drug-likeness (QED) is 0.756. The van der Waals surface area contributed by atoms with Crippen LogP contribution in [0, 0.1) is 0 Å². The van der Waals surface area contributed by atoms with Gasteiger partial charge in [-0.05, 0) is 30.2 Å². The summed E-state index contributed by atoms with van der Waals surface area (Å²) in [5.74, 6) is 0.557. The van der Waals surface area contributed by atoms with Gasteiger partial charge in [-0.25, -0.2) is 4.99 Å². The molecule has 5 nitrogen and oxygen atoms in total. The molecular weight excluding hydrogens is 300 g/mol. The van der Waals surface area contributed by atoms with Gasteiger partial charge in [0.05, 0.1) is 17.6 Å². The summed E-state index contributed by atoms with van der Waals surface area (Å²) < 4.78 is 0. The minimum atomic E-state index is 0.260. The molecule has 0 spiro atoms. The van der Waals surface area contributed by atoms with Crippen molar-refractivity contribution >= 4 is 18.1 Å². The van der Waals surface area contributed by atoms with Gasteiger partial charge in [-0.15, -0.1) is 0 Å². The first kappa shape index (κ1) is 13.2. The van der Waals surface area contributed by atoms with Gasteiger partial charge in [0.15, 0.2) is 0 Å². The minimum Gasteiger partial charge on any atom is -0.508 e. The summed E-state index contributed by atoms with van der Waals surface area (Å²) in [6, 6.07) is 7.49. The predicted octanol–water partition coefficient (Wildman–Crippen LogP) is 3.31. The molecule has 0 bridgehead atoms. The first-order valence-corrected chi connectivity index (χ1v) is 7.98. The minimum absolute atomic E-state index is 0.260. The normalized spacial score (nSPS) is 20.5. The Bertz CT molecular complexity index is 931. The van der Waals surface area contributed by atoms with Crippen molar-refractivity contribution in [1.82, 2.24) is 15.4 Å². The number of hydrogen-bond donors (Lipinski definition) is 3. The molecule has 2 aromatic rings. The smallest absolute Gasteiger partial charge is 0.115 e. The van der Waals surface area contributed by atoms with Crippen LogP contribution in [0.3, 0.4) is 0 Å². The second-order valence-corrected chi connectivity index (χ2v) is 6.13. The number of rotatable bonds is 1. The number of hydrogen-bond acceptors (Lipinski definition) is 4. The highest BCUT2D eigenvalue weighted by molar-refractivity contribution is 5.82. The fourth-order valence-electron chi connectivity index (χ4n) is 3.65. The molecule has 1 unspecified atom stereocenters. The van der Waals surface area contributed by atoms with Gasteiger partial charge < -0.3 is 10.1 Å². The molecule has 0 radical (unpaired) electrons. The number of aromatic hydroxyl groups is 1. The van der Waals surface area contributed by atoms with Gasteiger partial charge in [-0.1, -0.05) is 24.3 Å². The SMILES string of the molecule is Oc1ccc(C2CC=C3c4c(c[nH]c42)C=CC2=CN=CNN23)cc1. The number of aromatic amines is 1. The van der Waals surface area contributed by atoms with Crippen molar-refractivity contribution in [2.24, 2.45) is 4.99 Å². The molecule has 1 aliphatic carbocycles. The molecule has 0 saturated carbocycles. The van der Waals surface area contributed by atoms with Gasteiger partial charge in [0, 0.05) is 28.9 Å². The van der Waals surface area contributed by atoms with Gasteiger partial charge in [-0.3, -0.25) is 10.4 Å². The van der Waals surface area contributed by atoms with Gasteiger partial charge in [0.2, 0.25) is 0 Å². The van der Waals surface area contributed by atoms with E-state index >= 15 is 0 Å². The molecule has 3 N–H and O–H groups in total. The van der Waals surface area contributed by atoms with Crippen LogP contribution in [0.1, 0.15) is 34.7 Å². The van der Waals surface area contributed by atoms with Crippen LogP contribution < -0.4 is 5.43 Å². The maximum atomic E-state index is 9.55. The van der Waals surface area contributed by atoms with Crippen molar-refractivity contribution < 1.29 is 5.11 Å². The van der Waals surface area contributed by atoms with Crippen molar-refractivity contribution in [2.45, 2.75) is 12.3 Å². The number of hydrazine groups is 1. The Morgan fingerprint density at radius 1 is 1.17 bits per heavy atom. The number of nitrogens with one attached hydrogen (secondary N) is 2. The molecular formula is C19H16N4O. The van der Waals surface area contributed by atoms with E-state index in [4.69, 9.17) is 0 Å². The van der Waals surface area contributed by atoms with Crippen LogP contribution in [0.5, 0.6) is 5.75 Å². The highest BCUT2D eigenvalue weighted by Gasteiger charge is 2.31. The lowest BCUT2D eigenvalue weighted by molar-refractivity contribution is 0.449. The maximum absolute atomic E-state index is 9.55. The Kier molecular flexibility index (Phi) is 2.70. The van der Waals surface area contributed by atoms with E-state index in [0.717, 1.165) is 17.8 Å². The topological polar surface area (TPSA) is 63.6 Å². The summed E-state index contributed by atoms with van der Waals surface area (Å²) in [5, 5.41) is 11.6. The van der Waals surface area contributed by atoms with E-state index in [1.807, 2.05) is 18.3 Å². The molecule has 5 heteroatoms. The van der Waals surface area contributed by atoms with E-state index in [0.29, 0.717) is 5.75 Å². The summed E-state index contributed by atoms with van der Waals surface area (Å²) in [6.07, 6.45) is 13.0. The van der Waals surface area contributed by atoms with E-state index in [2.05, 4.69) is 44.8 Å². The highest BCUT2D eigenvalue weighted by Crippen LogP contribution is 2.43. The number of aromatic nitrogens is 1. The Morgan fingerprint density at radius 2 is 2.04 bits per heavy atom. The first-order chi connectivity index (χ1) is 11.8. The van der Waals surface area contributed by atoms with Gasteiger partial charge in [0.1, 0.15) is 12.1 Å². The number of H-pyrrole nitrogens is 1. The summed E-state index contributed by atoms with van der Waals surface area (Å²) in [7, 11) is 0. The third-order valence-electron chi connectivity index (χ3n) is 4.79. The molecule has 118 valence electrons. The number of nitrogens with zero attached hydrogens (tertiary/aromatic N) is 2. The number of aliphatic imine (C=N–C) groups is 1. The monoisotopic (exact) mass is 316 g/mol. The van der Waals surface area contributed by atoms with E-state index in [1.54, 1.807) is 18.5 Å².